The molecule has 0 N–H and O–H groups in total. The molecule has 5 nitrogen and oxygen atoms in total. The number of para-hydroxylation sites is 1. The number of anilines is 1. The lowest BCUT2D eigenvalue weighted by molar-refractivity contribution is 0.0533. The van der Waals surface area contributed by atoms with Gasteiger partial charge in [0.2, 0.25) is 0 Å². The van der Waals surface area contributed by atoms with Gasteiger partial charge in [0.15, 0.2) is 0 Å². The maximum Gasteiger partial charge on any atom is 0.350 e. The number of ether oxygens (including phenoxy) is 1. The molecule has 116 valence electrons. The number of aliphatic imine (C=N–C) groups is 1. The normalized spacial score (nSPS) is 13.0. The Labute approximate surface area is 137 Å². The second-order valence-electron chi connectivity index (χ2n) is 5.19. The molecule has 4 rings (SSSR count). The largest absolute Gasteiger partial charge is 0.462 e. The lowest BCUT2D eigenvalue weighted by Gasteiger charge is -2.23. The van der Waals surface area contributed by atoms with Crippen LogP contribution in [0.2, 0.25) is 0 Å². The summed E-state index contributed by atoms with van der Waals surface area (Å²) in [6.45, 7) is 5.03. The summed E-state index contributed by atoms with van der Waals surface area (Å²) in [6.07, 6.45) is 1.79. The number of carbonyl (C=O) groups is 1. The van der Waals surface area contributed by atoms with Crippen molar-refractivity contribution in [2.45, 2.75) is 13.8 Å². The van der Waals surface area contributed by atoms with Crippen LogP contribution in [0.15, 0.2) is 29.3 Å². The van der Waals surface area contributed by atoms with Gasteiger partial charge in [-0.3, -0.25) is 0 Å². The van der Waals surface area contributed by atoms with Gasteiger partial charge in [-0.15, -0.1) is 11.3 Å². The molecule has 3 aromatic rings. The third kappa shape index (κ3) is 2.02. The van der Waals surface area contributed by atoms with Crippen molar-refractivity contribution < 1.29 is 9.53 Å². The molecule has 6 heteroatoms. The number of pyridine rings is 1. The van der Waals surface area contributed by atoms with E-state index >= 15 is 0 Å². The van der Waals surface area contributed by atoms with Gasteiger partial charge in [-0.05, 0) is 19.9 Å². The monoisotopic (exact) mass is 325 g/mol. The van der Waals surface area contributed by atoms with Gasteiger partial charge in [-0.2, -0.15) is 0 Å². The smallest absolute Gasteiger partial charge is 0.350 e. The van der Waals surface area contributed by atoms with Gasteiger partial charge in [-0.1, -0.05) is 18.2 Å². The molecule has 3 heterocycles. The predicted molar refractivity (Wildman–Crippen MR) is 94.3 cm³/mol. The summed E-state index contributed by atoms with van der Waals surface area (Å²) in [5.74, 6) is -0.331. The van der Waals surface area contributed by atoms with Crippen molar-refractivity contribution in [2.75, 3.05) is 18.1 Å². The molecule has 0 atom stereocenters. The first-order valence-electron chi connectivity index (χ1n) is 7.57. The lowest BCUT2D eigenvalue weighted by atomic mass is 10.1. The quantitative estimate of drug-likeness (QED) is 0.680. The van der Waals surface area contributed by atoms with E-state index in [9.17, 15) is 4.79 Å². The molecule has 0 spiro atoms. The third-order valence-corrected chi connectivity index (χ3v) is 4.95. The van der Waals surface area contributed by atoms with Gasteiger partial charge in [0.25, 0.3) is 0 Å². The van der Waals surface area contributed by atoms with Crippen LogP contribution in [0.25, 0.3) is 21.1 Å². The summed E-state index contributed by atoms with van der Waals surface area (Å²) in [5.41, 5.74) is 2.68. The molecular weight excluding hydrogens is 310 g/mol. The topological polar surface area (TPSA) is 54.8 Å². The molecule has 23 heavy (non-hydrogen) atoms. The Morgan fingerprint density at radius 3 is 2.91 bits per heavy atom. The highest BCUT2D eigenvalue weighted by molar-refractivity contribution is 7.21. The Hall–Kier alpha value is -2.47. The van der Waals surface area contributed by atoms with E-state index in [-0.39, 0.29) is 5.97 Å². The summed E-state index contributed by atoms with van der Waals surface area (Å²) in [6, 6.07) is 8.03. The van der Waals surface area contributed by atoms with Gasteiger partial charge >= 0.3 is 5.97 Å². The molecule has 2 aromatic heterocycles. The number of thiophene rings is 1. The van der Waals surface area contributed by atoms with Crippen LogP contribution in [0.1, 0.15) is 23.5 Å². The Kier molecular flexibility index (Phi) is 3.27. The first kappa shape index (κ1) is 14.1. The number of nitrogens with zero attached hydrogens (tertiary/aromatic N) is 3. The van der Waals surface area contributed by atoms with Crippen LogP contribution < -0.4 is 4.90 Å². The number of esters is 1. The first-order valence-corrected chi connectivity index (χ1v) is 8.39. The molecule has 0 radical (unpaired) electrons. The van der Waals surface area contributed by atoms with Crippen molar-refractivity contribution in [3.63, 3.8) is 0 Å². The fraction of sp³-hybridized carbons (Fsp3) is 0.235. The highest BCUT2D eigenvalue weighted by atomic mass is 32.1. The Bertz CT molecular complexity index is 961. The van der Waals surface area contributed by atoms with E-state index in [0.29, 0.717) is 17.2 Å². The average Bonchev–Trinajstić information content (AvgIpc) is 2.95. The minimum Gasteiger partial charge on any atom is -0.462 e. The summed E-state index contributed by atoms with van der Waals surface area (Å²) < 4.78 is 5.17. The maximum absolute atomic E-state index is 12.2. The molecule has 0 aliphatic carbocycles. The van der Waals surface area contributed by atoms with Gasteiger partial charge in [0, 0.05) is 11.9 Å². The van der Waals surface area contributed by atoms with Crippen molar-refractivity contribution in [1.82, 2.24) is 4.98 Å². The second kappa shape index (κ2) is 5.31. The number of carbonyl (C=O) groups excluding carboxylic acids is 1. The lowest BCUT2D eigenvalue weighted by Crippen LogP contribution is -2.22. The van der Waals surface area contributed by atoms with Crippen molar-refractivity contribution in [3.05, 3.63) is 29.1 Å². The number of rotatable bonds is 3. The molecule has 0 saturated carbocycles. The van der Waals surface area contributed by atoms with E-state index in [1.165, 1.54) is 11.3 Å². The van der Waals surface area contributed by atoms with Crippen LogP contribution in [0.4, 0.5) is 11.4 Å². The van der Waals surface area contributed by atoms with Crippen LogP contribution in [-0.4, -0.2) is 30.4 Å². The molecule has 0 bridgehead atoms. The number of hydrogen-bond acceptors (Lipinski definition) is 6. The van der Waals surface area contributed by atoms with Crippen molar-refractivity contribution in [1.29, 1.82) is 0 Å². The number of hydrogen-bond donors (Lipinski definition) is 0. The molecule has 0 unspecified atom stereocenters. The Morgan fingerprint density at radius 1 is 1.30 bits per heavy atom. The van der Waals surface area contributed by atoms with Crippen molar-refractivity contribution >= 4 is 56.1 Å². The summed E-state index contributed by atoms with van der Waals surface area (Å²) >= 11 is 1.35. The molecule has 1 aliphatic rings. The molecule has 1 aliphatic heterocycles. The zero-order valence-corrected chi connectivity index (χ0v) is 13.7. The standard InChI is InChI=1S/C17H15N3O2S/c1-3-20-9-18-13-12-14(20)10-7-5-6-8-11(10)19-16(12)23-15(13)17(21)22-4-2/h5-9H,3-4H2,1-2H3. The van der Waals surface area contributed by atoms with Crippen LogP contribution in [0, 0.1) is 0 Å². The van der Waals surface area contributed by atoms with Crippen LogP contribution in [0.3, 0.4) is 0 Å². The zero-order chi connectivity index (χ0) is 16.0. The molecule has 0 fully saturated rings. The molecular formula is C17H15N3O2S. The number of benzene rings is 1. The summed E-state index contributed by atoms with van der Waals surface area (Å²) in [7, 11) is 0. The summed E-state index contributed by atoms with van der Waals surface area (Å²) in [5, 5.41) is 2.02. The van der Waals surface area contributed by atoms with Crippen LogP contribution >= 0.6 is 11.3 Å². The van der Waals surface area contributed by atoms with Crippen molar-refractivity contribution in [2.24, 2.45) is 4.99 Å². The second-order valence-corrected chi connectivity index (χ2v) is 6.19. The van der Waals surface area contributed by atoms with E-state index in [0.717, 1.165) is 33.4 Å². The minimum atomic E-state index is -0.331. The predicted octanol–water partition coefficient (Wildman–Crippen LogP) is 4.13. The van der Waals surface area contributed by atoms with E-state index in [1.807, 2.05) is 18.2 Å². The highest BCUT2D eigenvalue weighted by Gasteiger charge is 2.27. The van der Waals surface area contributed by atoms with Gasteiger partial charge in [-0.25, -0.2) is 14.8 Å². The van der Waals surface area contributed by atoms with E-state index < -0.39 is 0 Å². The van der Waals surface area contributed by atoms with Gasteiger partial charge < -0.3 is 9.64 Å². The Balaban J connectivity index is 2.10. The molecule has 0 amide bonds. The van der Waals surface area contributed by atoms with E-state index in [1.54, 1.807) is 13.3 Å². The number of fused-ring (bicyclic) bond motifs is 2. The minimum absolute atomic E-state index is 0.331. The Morgan fingerprint density at radius 2 is 2.13 bits per heavy atom. The fourth-order valence-electron chi connectivity index (χ4n) is 2.90. The maximum atomic E-state index is 12.2. The highest BCUT2D eigenvalue weighted by Crippen LogP contribution is 2.47. The SMILES string of the molecule is CCOC(=O)c1sc2nc3ccccc3c3c2c1N=CN3CC. The van der Waals surface area contributed by atoms with E-state index in [4.69, 9.17) is 9.72 Å². The fourth-order valence-corrected chi connectivity index (χ4v) is 3.93. The average molecular weight is 325 g/mol. The summed E-state index contributed by atoms with van der Waals surface area (Å²) in [4.78, 5) is 24.9. The van der Waals surface area contributed by atoms with Crippen LogP contribution in [-0.2, 0) is 4.74 Å². The molecule has 0 saturated heterocycles. The zero-order valence-electron chi connectivity index (χ0n) is 12.9. The molecule has 1 aromatic carbocycles. The third-order valence-electron chi connectivity index (χ3n) is 3.90. The van der Waals surface area contributed by atoms with Gasteiger partial charge in [0.1, 0.15) is 15.4 Å². The van der Waals surface area contributed by atoms with Crippen LogP contribution in [0.5, 0.6) is 0 Å². The van der Waals surface area contributed by atoms with Gasteiger partial charge in [0.05, 0.1) is 29.5 Å². The van der Waals surface area contributed by atoms with E-state index in [2.05, 4.69) is 22.9 Å². The number of aromatic nitrogens is 1. The van der Waals surface area contributed by atoms with Crippen molar-refractivity contribution in [3.8, 4) is 0 Å². The first-order chi connectivity index (χ1) is 11.2.